The van der Waals surface area contributed by atoms with E-state index in [0.29, 0.717) is 18.8 Å². The minimum atomic E-state index is -5.27. The number of unbranched alkanes of at least 4 members (excludes halogenated alkanes) is 1. The van der Waals surface area contributed by atoms with Gasteiger partial charge in [0, 0.05) is 12.2 Å². The quantitative estimate of drug-likeness (QED) is 0.789. The van der Waals surface area contributed by atoms with Crippen molar-refractivity contribution in [2.45, 2.75) is 23.2 Å². The van der Waals surface area contributed by atoms with E-state index in [1.807, 2.05) is 0 Å². The van der Waals surface area contributed by atoms with Crippen LogP contribution in [0.1, 0.15) is 12.8 Å². The fraction of sp³-hybridized carbons (Fsp3) is 0.455. The van der Waals surface area contributed by atoms with Crippen molar-refractivity contribution in [1.29, 1.82) is 0 Å². The van der Waals surface area contributed by atoms with Gasteiger partial charge in [-0.2, -0.15) is 13.2 Å². The molecule has 8 heteroatoms. The van der Waals surface area contributed by atoms with Crippen molar-refractivity contribution in [3.8, 4) is 0 Å². The molecular formula is C11H15F3N2O2S. The Hall–Kier alpha value is -1.28. The maximum Gasteiger partial charge on any atom is 0.501 e. The number of halogens is 3. The average Bonchev–Trinajstić information content (AvgIpc) is 2.34. The number of rotatable bonds is 6. The first kappa shape index (κ1) is 15.8. The molecule has 1 aromatic carbocycles. The number of hydrogen-bond acceptors (Lipinski definition) is 4. The Labute approximate surface area is 109 Å². The second kappa shape index (κ2) is 6.25. The van der Waals surface area contributed by atoms with Crippen molar-refractivity contribution in [3.05, 3.63) is 24.3 Å². The molecule has 0 atom stereocenters. The highest BCUT2D eigenvalue weighted by molar-refractivity contribution is 7.92. The van der Waals surface area contributed by atoms with Crippen LogP contribution < -0.4 is 11.1 Å². The van der Waals surface area contributed by atoms with Crippen molar-refractivity contribution in [2.75, 3.05) is 18.4 Å². The Morgan fingerprint density at radius 3 is 2.16 bits per heavy atom. The molecule has 0 aliphatic heterocycles. The van der Waals surface area contributed by atoms with Crippen LogP contribution in [0.25, 0.3) is 0 Å². The van der Waals surface area contributed by atoms with Crippen LogP contribution in [-0.2, 0) is 9.84 Å². The Kier molecular flexibility index (Phi) is 5.19. The topological polar surface area (TPSA) is 72.2 Å². The molecule has 1 aromatic rings. The van der Waals surface area contributed by atoms with Crippen LogP contribution >= 0.6 is 0 Å². The van der Waals surface area contributed by atoms with E-state index in [2.05, 4.69) is 5.32 Å². The largest absolute Gasteiger partial charge is 0.501 e. The maximum atomic E-state index is 12.3. The Morgan fingerprint density at radius 1 is 1.11 bits per heavy atom. The summed E-state index contributed by atoms with van der Waals surface area (Å²) in [5.41, 5.74) is 0.608. The Morgan fingerprint density at radius 2 is 1.68 bits per heavy atom. The van der Waals surface area contributed by atoms with Gasteiger partial charge in [0.25, 0.3) is 9.84 Å². The highest BCUT2D eigenvalue weighted by Crippen LogP contribution is 2.30. The molecule has 3 N–H and O–H groups in total. The molecule has 0 spiro atoms. The summed E-state index contributed by atoms with van der Waals surface area (Å²) in [6, 6.07) is 4.49. The number of nitrogens with one attached hydrogen (secondary N) is 1. The summed E-state index contributed by atoms with van der Waals surface area (Å²) in [5, 5.41) is 2.97. The number of hydrogen-bond donors (Lipinski definition) is 2. The molecule has 0 heterocycles. The fourth-order valence-corrected chi connectivity index (χ4v) is 2.15. The molecule has 19 heavy (non-hydrogen) atoms. The van der Waals surface area contributed by atoms with E-state index >= 15 is 0 Å². The predicted molar refractivity (Wildman–Crippen MR) is 66.5 cm³/mol. The van der Waals surface area contributed by atoms with Gasteiger partial charge in [0.1, 0.15) is 0 Å². The monoisotopic (exact) mass is 296 g/mol. The van der Waals surface area contributed by atoms with E-state index in [9.17, 15) is 21.6 Å². The average molecular weight is 296 g/mol. The molecule has 0 fully saturated rings. The second-order valence-corrected chi connectivity index (χ2v) is 5.84. The highest BCUT2D eigenvalue weighted by atomic mass is 32.2. The molecule has 1 rings (SSSR count). The highest BCUT2D eigenvalue weighted by Gasteiger charge is 2.46. The SMILES string of the molecule is NCCCCNc1ccc(S(=O)(=O)C(F)(F)F)cc1. The van der Waals surface area contributed by atoms with Crippen LogP contribution in [0.3, 0.4) is 0 Å². The van der Waals surface area contributed by atoms with Gasteiger partial charge in [-0.15, -0.1) is 0 Å². The van der Waals surface area contributed by atoms with E-state index < -0.39 is 20.2 Å². The summed E-state index contributed by atoms with van der Waals surface area (Å²) in [4.78, 5) is -0.757. The van der Waals surface area contributed by atoms with E-state index in [0.717, 1.165) is 25.0 Å². The molecule has 0 aliphatic rings. The molecule has 0 bridgehead atoms. The third-order valence-electron chi connectivity index (χ3n) is 2.43. The molecule has 0 saturated carbocycles. The first-order valence-corrected chi connectivity index (χ1v) is 7.12. The zero-order valence-corrected chi connectivity index (χ0v) is 10.9. The van der Waals surface area contributed by atoms with Gasteiger partial charge >= 0.3 is 5.51 Å². The first-order valence-electron chi connectivity index (χ1n) is 5.64. The van der Waals surface area contributed by atoms with Gasteiger partial charge in [-0.25, -0.2) is 8.42 Å². The van der Waals surface area contributed by atoms with E-state index in [1.54, 1.807) is 0 Å². The van der Waals surface area contributed by atoms with Crippen LogP contribution in [0.4, 0.5) is 18.9 Å². The van der Waals surface area contributed by atoms with Gasteiger partial charge in [-0.3, -0.25) is 0 Å². The zero-order valence-electron chi connectivity index (χ0n) is 10.1. The third-order valence-corrected chi connectivity index (χ3v) is 3.93. The van der Waals surface area contributed by atoms with Gasteiger partial charge in [-0.05, 0) is 43.7 Å². The van der Waals surface area contributed by atoms with Crippen molar-refractivity contribution in [2.24, 2.45) is 5.73 Å². The molecule has 0 aromatic heterocycles. The molecule has 0 radical (unpaired) electrons. The standard InChI is InChI=1S/C11H15F3N2O2S/c12-11(13,14)19(17,18)10-5-3-9(4-6-10)16-8-2-1-7-15/h3-6,16H,1-2,7-8,15H2. The lowest BCUT2D eigenvalue weighted by Crippen LogP contribution is -2.23. The summed E-state index contributed by atoms with van der Waals surface area (Å²) in [6.07, 6.45) is 1.67. The zero-order chi connectivity index (χ0) is 14.5. The molecule has 0 saturated heterocycles. The predicted octanol–water partition coefficient (Wildman–Crippen LogP) is 2.13. The van der Waals surface area contributed by atoms with Crippen LogP contribution in [0.5, 0.6) is 0 Å². The van der Waals surface area contributed by atoms with Gasteiger partial charge in [0.05, 0.1) is 4.90 Å². The lowest BCUT2D eigenvalue weighted by molar-refractivity contribution is -0.0436. The lowest BCUT2D eigenvalue weighted by Gasteiger charge is -2.09. The van der Waals surface area contributed by atoms with Crippen LogP contribution in [-0.4, -0.2) is 27.0 Å². The van der Waals surface area contributed by atoms with Crippen molar-refractivity contribution >= 4 is 15.5 Å². The van der Waals surface area contributed by atoms with E-state index in [-0.39, 0.29) is 0 Å². The summed E-state index contributed by atoms with van der Waals surface area (Å²) in [6.45, 7) is 1.20. The maximum absolute atomic E-state index is 12.3. The summed E-state index contributed by atoms with van der Waals surface area (Å²) in [5.74, 6) is 0. The minimum Gasteiger partial charge on any atom is -0.385 e. The van der Waals surface area contributed by atoms with E-state index in [4.69, 9.17) is 5.73 Å². The second-order valence-electron chi connectivity index (χ2n) is 3.90. The fourth-order valence-electron chi connectivity index (χ4n) is 1.39. The Balaban J connectivity index is 2.72. The van der Waals surface area contributed by atoms with Crippen LogP contribution in [0.2, 0.25) is 0 Å². The van der Waals surface area contributed by atoms with Crippen molar-refractivity contribution < 1.29 is 21.6 Å². The van der Waals surface area contributed by atoms with Gasteiger partial charge in [0.2, 0.25) is 0 Å². The molecule has 0 amide bonds. The lowest BCUT2D eigenvalue weighted by atomic mass is 10.3. The van der Waals surface area contributed by atoms with Crippen LogP contribution in [0, 0.1) is 0 Å². The van der Waals surface area contributed by atoms with Crippen molar-refractivity contribution in [1.82, 2.24) is 0 Å². The van der Waals surface area contributed by atoms with Crippen LogP contribution in [0.15, 0.2) is 29.2 Å². The summed E-state index contributed by atoms with van der Waals surface area (Å²) in [7, 11) is -5.27. The number of alkyl halides is 3. The number of anilines is 1. The van der Waals surface area contributed by atoms with Gasteiger partial charge in [-0.1, -0.05) is 0 Å². The normalized spacial score (nSPS) is 12.4. The van der Waals surface area contributed by atoms with E-state index in [1.165, 1.54) is 12.1 Å². The molecule has 108 valence electrons. The number of nitrogens with two attached hydrogens (primary N) is 1. The first-order chi connectivity index (χ1) is 8.79. The molecule has 0 unspecified atom stereocenters. The minimum absolute atomic E-state index is 0.568. The molecular weight excluding hydrogens is 281 g/mol. The summed E-state index contributed by atoms with van der Waals surface area (Å²) < 4.78 is 59.1. The smallest absolute Gasteiger partial charge is 0.385 e. The third kappa shape index (κ3) is 4.10. The number of benzene rings is 1. The number of sulfone groups is 1. The van der Waals surface area contributed by atoms with Gasteiger partial charge in [0.15, 0.2) is 0 Å². The Bertz CT molecular complexity index is 498. The van der Waals surface area contributed by atoms with Gasteiger partial charge < -0.3 is 11.1 Å². The van der Waals surface area contributed by atoms with Crippen molar-refractivity contribution in [3.63, 3.8) is 0 Å². The molecule has 0 aliphatic carbocycles. The molecule has 4 nitrogen and oxygen atoms in total. The summed E-state index contributed by atoms with van der Waals surface area (Å²) >= 11 is 0.